The minimum Gasteiger partial charge on any atom is -0.376 e. The summed E-state index contributed by atoms with van der Waals surface area (Å²) in [5.41, 5.74) is 0. The predicted molar refractivity (Wildman–Crippen MR) is 59.4 cm³/mol. The summed E-state index contributed by atoms with van der Waals surface area (Å²) in [6, 6.07) is 0. The van der Waals surface area contributed by atoms with E-state index in [1.54, 1.807) is 0 Å². The zero-order valence-corrected chi connectivity index (χ0v) is 10.2. The lowest BCUT2D eigenvalue weighted by Crippen LogP contribution is -2.40. The van der Waals surface area contributed by atoms with Gasteiger partial charge in [-0.25, -0.2) is 13.1 Å². The maximum atomic E-state index is 11.3. The second kappa shape index (κ2) is 6.17. The average molecular weight is 250 g/mol. The monoisotopic (exact) mass is 250 g/mol. The summed E-state index contributed by atoms with van der Waals surface area (Å²) >= 11 is 0. The van der Waals surface area contributed by atoms with Gasteiger partial charge in [-0.3, -0.25) is 4.79 Å². The zero-order chi connectivity index (χ0) is 12.0. The minimum absolute atomic E-state index is 0.0218. The molecule has 1 rings (SSSR count). The van der Waals surface area contributed by atoms with E-state index in [1.165, 1.54) is 6.92 Å². The van der Waals surface area contributed by atoms with Crippen molar-refractivity contribution in [1.29, 1.82) is 0 Å². The molecule has 0 bridgehead atoms. The molecule has 0 saturated carbocycles. The normalized spacial score (nSPS) is 20.9. The highest BCUT2D eigenvalue weighted by molar-refractivity contribution is 7.89. The van der Waals surface area contributed by atoms with Crippen LogP contribution in [-0.4, -0.2) is 45.9 Å². The fourth-order valence-electron chi connectivity index (χ4n) is 1.37. The van der Waals surface area contributed by atoms with Crippen molar-refractivity contribution in [1.82, 2.24) is 10.0 Å². The first-order valence-corrected chi connectivity index (χ1v) is 7.04. The average Bonchev–Trinajstić information content (AvgIpc) is 2.76. The molecule has 1 amide bonds. The van der Waals surface area contributed by atoms with Crippen molar-refractivity contribution in [3.63, 3.8) is 0 Å². The van der Waals surface area contributed by atoms with E-state index in [0.717, 1.165) is 19.4 Å². The van der Waals surface area contributed by atoms with Crippen molar-refractivity contribution in [2.75, 3.05) is 25.4 Å². The molecular weight excluding hydrogens is 232 g/mol. The molecule has 1 unspecified atom stereocenters. The smallest absolute Gasteiger partial charge is 0.235 e. The van der Waals surface area contributed by atoms with Gasteiger partial charge in [-0.1, -0.05) is 0 Å². The first-order chi connectivity index (χ1) is 7.53. The Morgan fingerprint density at radius 1 is 1.50 bits per heavy atom. The lowest BCUT2D eigenvalue weighted by molar-refractivity contribution is -0.120. The largest absolute Gasteiger partial charge is 0.376 e. The Kier molecular flexibility index (Phi) is 5.17. The van der Waals surface area contributed by atoms with Crippen molar-refractivity contribution in [2.24, 2.45) is 0 Å². The molecule has 2 N–H and O–H groups in total. The number of nitrogens with one attached hydrogen (secondary N) is 2. The molecule has 0 spiro atoms. The van der Waals surface area contributed by atoms with Gasteiger partial charge < -0.3 is 10.1 Å². The molecule has 1 heterocycles. The summed E-state index contributed by atoms with van der Waals surface area (Å²) < 4.78 is 29.6. The van der Waals surface area contributed by atoms with Gasteiger partial charge in [0.25, 0.3) is 0 Å². The van der Waals surface area contributed by atoms with E-state index in [-0.39, 0.29) is 24.3 Å². The maximum absolute atomic E-state index is 11.3. The van der Waals surface area contributed by atoms with Crippen LogP contribution in [0.1, 0.15) is 19.8 Å². The van der Waals surface area contributed by atoms with Crippen LogP contribution in [0.3, 0.4) is 0 Å². The van der Waals surface area contributed by atoms with Gasteiger partial charge in [0.2, 0.25) is 15.9 Å². The molecule has 0 aliphatic carbocycles. The molecule has 7 heteroatoms. The van der Waals surface area contributed by atoms with Crippen LogP contribution in [0.4, 0.5) is 0 Å². The Hall–Kier alpha value is -0.660. The number of ether oxygens (including phenoxy) is 1. The van der Waals surface area contributed by atoms with E-state index < -0.39 is 10.0 Å². The van der Waals surface area contributed by atoms with Gasteiger partial charge in [-0.2, -0.15) is 0 Å². The molecule has 0 aromatic rings. The van der Waals surface area contributed by atoms with Gasteiger partial charge in [0.1, 0.15) is 0 Å². The third-order valence-corrected chi connectivity index (χ3v) is 3.73. The van der Waals surface area contributed by atoms with E-state index in [9.17, 15) is 13.2 Å². The molecule has 0 aromatic heterocycles. The molecule has 16 heavy (non-hydrogen) atoms. The molecule has 1 aliphatic rings. The van der Waals surface area contributed by atoms with Gasteiger partial charge in [-0.05, 0) is 19.8 Å². The van der Waals surface area contributed by atoms with Crippen LogP contribution >= 0.6 is 0 Å². The number of carbonyl (C=O) groups is 1. The van der Waals surface area contributed by atoms with E-state index in [1.807, 2.05) is 0 Å². The van der Waals surface area contributed by atoms with Crippen LogP contribution in [0.5, 0.6) is 0 Å². The highest BCUT2D eigenvalue weighted by Crippen LogP contribution is 2.10. The molecule has 0 radical (unpaired) electrons. The molecule has 6 nitrogen and oxygen atoms in total. The summed E-state index contributed by atoms with van der Waals surface area (Å²) in [6.45, 7) is 2.51. The highest BCUT2D eigenvalue weighted by atomic mass is 32.2. The SMILES string of the molecule is CCS(=O)(=O)NCC(=O)NCC1CCCO1. The van der Waals surface area contributed by atoms with Crippen LogP contribution < -0.4 is 10.0 Å². The molecule has 1 atom stereocenters. The maximum Gasteiger partial charge on any atom is 0.235 e. The van der Waals surface area contributed by atoms with Gasteiger partial charge in [0.05, 0.1) is 18.4 Å². The van der Waals surface area contributed by atoms with E-state index in [4.69, 9.17) is 4.74 Å². The lowest BCUT2D eigenvalue weighted by atomic mass is 10.2. The van der Waals surface area contributed by atoms with E-state index in [0.29, 0.717) is 6.54 Å². The van der Waals surface area contributed by atoms with Gasteiger partial charge >= 0.3 is 0 Å². The van der Waals surface area contributed by atoms with Gasteiger partial charge in [0.15, 0.2) is 0 Å². The molecule has 94 valence electrons. The van der Waals surface area contributed by atoms with Crippen LogP contribution in [0, 0.1) is 0 Å². The molecular formula is C9H18N2O4S. The molecule has 1 aliphatic heterocycles. The van der Waals surface area contributed by atoms with Crippen LogP contribution in [0.2, 0.25) is 0 Å². The van der Waals surface area contributed by atoms with Crippen molar-refractivity contribution in [3.05, 3.63) is 0 Å². The zero-order valence-electron chi connectivity index (χ0n) is 9.36. The van der Waals surface area contributed by atoms with Crippen molar-refractivity contribution in [2.45, 2.75) is 25.9 Å². The number of carbonyl (C=O) groups excluding carboxylic acids is 1. The van der Waals surface area contributed by atoms with Crippen LogP contribution in [0.15, 0.2) is 0 Å². The summed E-state index contributed by atoms with van der Waals surface area (Å²) in [7, 11) is -3.29. The lowest BCUT2D eigenvalue weighted by Gasteiger charge is -2.10. The third kappa shape index (κ3) is 4.91. The van der Waals surface area contributed by atoms with E-state index >= 15 is 0 Å². The standard InChI is InChI=1S/C9H18N2O4S/c1-2-16(13,14)11-7-9(12)10-6-8-4-3-5-15-8/h8,11H,2-7H2,1H3,(H,10,12). The summed E-state index contributed by atoms with van der Waals surface area (Å²) in [6.07, 6.45) is 2.04. The second-order valence-corrected chi connectivity index (χ2v) is 5.76. The Balaban J connectivity index is 2.15. The van der Waals surface area contributed by atoms with Crippen molar-refractivity contribution >= 4 is 15.9 Å². The van der Waals surface area contributed by atoms with Gasteiger partial charge in [-0.15, -0.1) is 0 Å². The Labute approximate surface area is 95.8 Å². The Bertz CT molecular complexity index is 322. The third-order valence-electron chi connectivity index (χ3n) is 2.38. The fraction of sp³-hybridized carbons (Fsp3) is 0.889. The number of hydrogen-bond acceptors (Lipinski definition) is 4. The van der Waals surface area contributed by atoms with Crippen molar-refractivity contribution < 1.29 is 17.9 Å². The topological polar surface area (TPSA) is 84.5 Å². The van der Waals surface area contributed by atoms with Gasteiger partial charge in [0, 0.05) is 13.2 Å². The number of sulfonamides is 1. The Morgan fingerprint density at radius 2 is 2.25 bits per heavy atom. The van der Waals surface area contributed by atoms with Crippen LogP contribution in [-0.2, 0) is 19.6 Å². The molecule has 1 fully saturated rings. The highest BCUT2D eigenvalue weighted by Gasteiger charge is 2.16. The first-order valence-electron chi connectivity index (χ1n) is 5.39. The second-order valence-electron chi connectivity index (χ2n) is 3.66. The van der Waals surface area contributed by atoms with E-state index in [2.05, 4.69) is 10.0 Å². The minimum atomic E-state index is -3.29. The summed E-state index contributed by atoms with van der Waals surface area (Å²) in [5.74, 6) is -0.348. The summed E-state index contributed by atoms with van der Waals surface area (Å²) in [5, 5.41) is 2.63. The number of rotatable bonds is 6. The predicted octanol–water partition coefficient (Wildman–Crippen LogP) is -0.779. The molecule has 0 aromatic carbocycles. The summed E-state index contributed by atoms with van der Waals surface area (Å²) in [4.78, 5) is 11.3. The molecule has 1 saturated heterocycles. The Morgan fingerprint density at radius 3 is 2.81 bits per heavy atom. The van der Waals surface area contributed by atoms with Crippen LogP contribution in [0.25, 0.3) is 0 Å². The quantitative estimate of drug-likeness (QED) is 0.648. The fourth-order valence-corrected chi connectivity index (χ4v) is 1.93. The first kappa shape index (κ1) is 13.4. The number of amides is 1. The number of hydrogen-bond donors (Lipinski definition) is 2. The van der Waals surface area contributed by atoms with Crippen molar-refractivity contribution in [3.8, 4) is 0 Å².